The molecule has 0 aromatic heterocycles. The van der Waals surface area contributed by atoms with Gasteiger partial charge in [0.25, 0.3) is 0 Å². The van der Waals surface area contributed by atoms with E-state index >= 15 is 0 Å². The highest BCUT2D eigenvalue weighted by Gasteiger charge is 2.33. The van der Waals surface area contributed by atoms with Crippen LogP contribution in [0.3, 0.4) is 0 Å². The maximum atomic E-state index is 11.2. The van der Waals surface area contributed by atoms with Gasteiger partial charge in [0.05, 0.1) is 0 Å². The van der Waals surface area contributed by atoms with Crippen molar-refractivity contribution in [2.24, 2.45) is 0 Å². The molecule has 1 aliphatic rings. The third-order valence-corrected chi connectivity index (χ3v) is 2.98. The van der Waals surface area contributed by atoms with Crippen molar-refractivity contribution in [3.63, 3.8) is 0 Å². The van der Waals surface area contributed by atoms with Gasteiger partial charge in [-0.1, -0.05) is 25.5 Å². The maximum absolute atomic E-state index is 11.2. The van der Waals surface area contributed by atoms with Crippen molar-refractivity contribution in [3.05, 3.63) is 12.2 Å². The summed E-state index contributed by atoms with van der Waals surface area (Å²) in [5.74, 6) is -0.747. The summed E-state index contributed by atoms with van der Waals surface area (Å²) in [6, 6.07) is 0.228. The van der Waals surface area contributed by atoms with Crippen molar-refractivity contribution in [3.8, 4) is 0 Å². The van der Waals surface area contributed by atoms with Crippen LogP contribution in [-0.4, -0.2) is 22.7 Å². The number of rotatable bonds is 5. The first-order valence-corrected chi connectivity index (χ1v) is 5.76. The molecular formula is C12H21NO2. The Balaban J connectivity index is 2.61. The number of carbonyl (C=O) groups is 1. The molecule has 2 atom stereocenters. The number of hydrogen-bond donors (Lipinski definition) is 2. The fourth-order valence-corrected chi connectivity index (χ4v) is 2.08. The van der Waals surface area contributed by atoms with E-state index in [2.05, 4.69) is 17.5 Å². The summed E-state index contributed by atoms with van der Waals surface area (Å²) in [7, 11) is 0. The van der Waals surface area contributed by atoms with Gasteiger partial charge in [0.15, 0.2) is 0 Å². The number of aliphatic carboxylic acids is 1. The van der Waals surface area contributed by atoms with E-state index in [1.54, 1.807) is 6.92 Å². The lowest BCUT2D eigenvalue weighted by atomic mass is 9.92. The summed E-state index contributed by atoms with van der Waals surface area (Å²) in [6.45, 7) is 3.79. The summed E-state index contributed by atoms with van der Waals surface area (Å²) >= 11 is 0. The lowest BCUT2D eigenvalue weighted by molar-refractivity contribution is -0.144. The first-order valence-electron chi connectivity index (χ1n) is 5.76. The lowest BCUT2D eigenvalue weighted by Crippen LogP contribution is -2.53. The molecule has 0 fully saturated rings. The summed E-state index contributed by atoms with van der Waals surface area (Å²) in [5.41, 5.74) is -0.777. The van der Waals surface area contributed by atoms with Crippen LogP contribution in [0, 0.1) is 0 Å². The zero-order valence-corrected chi connectivity index (χ0v) is 9.62. The van der Waals surface area contributed by atoms with Gasteiger partial charge in [-0.15, -0.1) is 0 Å². The molecule has 0 aromatic carbocycles. The van der Waals surface area contributed by atoms with Gasteiger partial charge in [0.2, 0.25) is 0 Å². The first-order chi connectivity index (χ1) is 7.08. The zero-order chi connectivity index (χ0) is 11.3. The van der Waals surface area contributed by atoms with E-state index in [0.717, 1.165) is 25.7 Å². The number of nitrogens with one attached hydrogen (secondary N) is 1. The molecule has 3 nitrogen and oxygen atoms in total. The summed E-state index contributed by atoms with van der Waals surface area (Å²) in [6.07, 6.45) is 9.10. The molecule has 3 heteroatoms. The van der Waals surface area contributed by atoms with Crippen LogP contribution in [-0.2, 0) is 4.79 Å². The summed E-state index contributed by atoms with van der Waals surface area (Å²) in [4.78, 5) is 11.2. The van der Waals surface area contributed by atoms with E-state index in [-0.39, 0.29) is 6.04 Å². The monoisotopic (exact) mass is 211 g/mol. The number of carboxylic acids is 1. The highest BCUT2D eigenvalue weighted by atomic mass is 16.4. The first kappa shape index (κ1) is 12.2. The van der Waals surface area contributed by atoms with Crippen LogP contribution in [0.15, 0.2) is 12.2 Å². The van der Waals surface area contributed by atoms with E-state index in [9.17, 15) is 9.90 Å². The van der Waals surface area contributed by atoms with Gasteiger partial charge in [0, 0.05) is 6.04 Å². The van der Waals surface area contributed by atoms with E-state index in [1.165, 1.54) is 0 Å². The van der Waals surface area contributed by atoms with Gasteiger partial charge in [-0.25, -0.2) is 0 Å². The van der Waals surface area contributed by atoms with Crippen LogP contribution in [0.1, 0.15) is 46.0 Å². The third kappa shape index (κ3) is 3.34. The SMILES string of the molecule is CCCC(C)(NC1C=CCCC1)C(=O)O. The van der Waals surface area contributed by atoms with Gasteiger partial charge < -0.3 is 5.11 Å². The van der Waals surface area contributed by atoms with Crippen molar-refractivity contribution in [1.29, 1.82) is 0 Å². The van der Waals surface area contributed by atoms with E-state index in [0.29, 0.717) is 6.42 Å². The van der Waals surface area contributed by atoms with Crippen molar-refractivity contribution in [2.45, 2.75) is 57.5 Å². The second kappa shape index (κ2) is 5.31. The molecular weight excluding hydrogens is 190 g/mol. The number of hydrogen-bond acceptors (Lipinski definition) is 2. The molecule has 15 heavy (non-hydrogen) atoms. The highest BCUT2D eigenvalue weighted by Crippen LogP contribution is 2.18. The van der Waals surface area contributed by atoms with Gasteiger partial charge in [0.1, 0.15) is 5.54 Å². The Morgan fingerprint density at radius 2 is 2.40 bits per heavy atom. The second-order valence-electron chi connectivity index (χ2n) is 4.50. The Bertz CT molecular complexity index is 250. The molecule has 86 valence electrons. The zero-order valence-electron chi connectivity index (χ0n) is 9.62. The predicted molar refractivity (Wildman–Crippen MR) is 60.9 cm³/mol. The molecule has 2 unspecified atom stereocenters. The highest BCUT2D eigenvalue weighted by molar-refractivity contribution is 5.78. The fraction of sp³-hybridized carbons (Fsp3) is 0.750. The quantitative estimate of drug-likeness (QED) is 0.686. The van der Waals surface area contributed by atoms with E-state index in [4.69, 9.17) is 0 Å². The van der Waals surface area contributed by atoms with Crippen molar-refractivity contribution in [1.82, 2.24) is 5.32 Å². The minimum absolute atomic E-state index is 0.228. The Kier molecular flexibility index (Phi) is 4.33. The van der Waals surface area contributed by atoms with Crippen molar-refractivity contribution < 1.29 is 9.90 Å². The molecule has 0 radical (unpaired) electrons. The summed E-state index contributed by atoms with van der Waals surface area (Å²) < 4.78 is 0. The van der Waals surface area contributed by atoms with Crippen LogP contribution in [0.5, 0.6) is 0 Å². The minimum Gasteiger partial charge on any atom is -0.480 e. The molecule has 0 bridgehead atoms. The van der Waals surface area contributed by atoms with Gasteiger partial charge in [-0.2, -0.15) is 0 Å². The average Bonchev–Trinajstić information content (AvgIpc) is 2.19. The largest absolute Gasteiger partial charge is 0.480 e. The topological polar surface area (TPSA) is 49.3 Å². The summed E-state index contributed by atoms with van der Waals surface area (Å²) in [5, 5.41) is 12.5. The van der Waals surface area contributed by atoms with Gasteiger partial charge >= 0.3 is 5.97 Å². The molecule has 0 saturated heterocycles. The van der Waals surface area contributed by atoms with Crippen molar-refractivity contribution >= 4 is 5.97 Å². The standard InChI is InChI=1S/C12H21NO2/c1-3-9-12(2,11(14)15)13-10-7-5-4-6-8-10/h5,7,10,13H,3-4,6,8-9H2,1-2H3,(H,14,15). The van der Waals surface area contributed by atoms with Crippen LogP contribution in [0.2, 0.25) is 0 Å². The average molecular weight is 211 g/mol. The Hall–Kier alpha value is -0.830. The number of carboxylic acid groups (broad SMARTS) is 1. The molecule has 0 saturated carbocycles. The fourth-order valence-electron chi connectivity index (χ4n) is 2.08. The van der Waals surface area contributed by atoms with E-state index in [1.807, 2.05) is 6.92 Å². The Morgan fingerprint density at radius 3 is 2.87 bits per heavy atom. The molecule has 0 aliphatic heterocycles. The second-order valence-corrected chi connectivity index (χ2v) is 4.50. The molecule has 0 amide bonds. The smallest absolute Gasteiger partial charge is 0.323 e. The predicted octanol–water partition coefficient (Wildman–Crippen LogP) is 2.33. The molecule has 0 aromatic rings. The maximum Gasteiger partial charge on any atom is 0.323 e. The minimum atomic E-state index is -0.777. The van der Waals surface area contributed by atoms with Gasteiger partial charge in [-0.05, 0) is 32.6 Å². The number of allylic oxidation sites excluding steroid dienone is 1. The molecule has 1 aliphatic carbocycles. The lowest BCUT2D eigenvalue weighted by Gasteiger charge is -2.31. The molecule has 0 heterocycles. The van der Waals surface area contributed by atoms with Crippen LogP contribution in [0.4, 0.5) is 0 Å². The van der Waals surface area contributed by atoms with Crippen LogP contribution < -0.4 is 5.32 Å². The normalized spacial score (nSPS) is 24.8. The third-order valence-electron chi connectivity index (χ3n) is 2.98. The Morgan fingerprint density at radius 1 is 1.67 bits per heavy atom. The van der Waals surface area contributed by atoms with E-state index < -0.39 is 11.5 Å². The molecule has 2 N–H and O–H groups in total. The van der Waals surface area contributed by atoms with Crippen LogP contribution >= 0.6 is 0 Å². The van der Waals surface area contributed by atoms with Crippen molar-refractivity contribution in [2.75, 3.05) is 0 Å². The van der Waals surface area contributed by atoms with Crippen LogP contribution in [0.25, 0.3) is 0 Å². The Labute approximate surface area is 91.6 Å². The van der Waals surface area contributed by atoms with Gasteiger partial charge in [-0.3, -0.25) is 10.1 Å². The molecule has 0 spiro atoms. The molecule has 1 rings (SSSR count).